The van der Waals surface area contributed by atoms with Crippen molar-refractivity contribution >= 4 is 29.4 Å². The van der Waals surface area contributed by atoms with E-state index in [0.717, 1.165) is 0 Å². The average Bonchev–Trinajstić information content (AvgIpc) is 3.23. The van der Waals surface area contributed by atoms with Gasteiger partial charge < -0.3 is 15.1 Å². The van der Waals surface area contributed by atoms with Gasteiger partial charge >= 0.3 is 0 Å². The van der Waals surface area contributed by atoms with E-state index >= 15 is 0 Å². The van der Waals surface area contributed by atoms with Gasteiger partial charge in [-0.3, -0.25) is 19.4 Å². The Morgan fingerprint density at radius 1 is 1.07 bits per heavy atom. The van der Waals surface area contributed by atoms with Crippen LogP contribution in [0.4, 0.5) is 5.69 Å². The van der Waals surface area contributed by atoms with Crippen molar-refractivity contribution in [3.63, 3.8) is 0 Å². The van der Waals surface area contributed by atoms with Crippen LogP contribution >= 0.6 is 0 Å². The van der Waals surface area contributed by atoms with Crippen molar-refractivity contribution in [1.29, 1.82) is 0 Å². The van der Waals surface area contributed by atoms with Crippen LogP contribution < -0.4 is 10.6 Å². The highest BCUT2D eigenvalue weighted by atomic mass is 16.3. The van der Waals surface area contributed by atoms with Crippen molar-refractivity contribution in [1.82, 2.24) is 10.3 Å². The Bertz CT molecular complexity index is 1020. The summed E-state index contributed by atoms with van der Waals surface area (Å²) in [7, 11) is 0. The Labute approximate surface area is 161 Å². The first-order valence-electron chi connectivity index (χ1n) is 8.42. The lowest BCUT2D eigenvalue weighted by Crippen LogP contribution is -2.30. The number of hydrogen-bond donors (Lipinski definition) is 2. The number of benzene rings is 1. The number of pyridine rings is 1. The number of anilines is 1. The van der Waals surface area contributed by atoms with E-state index in [1.165, 1.54) is 25.3 Å². The van der Waals surface area contributed by atoms with E-state index < -0.39 is 11.8 Å². The van der Waals surface area contributed by atoms with Crippen molar-refractivity contribution in [2.24, 2.45) is 0 Å². The third kappa shape index (κ3) is 4.79. The molecule has 7 heteroatoms. The monoisotopic (exact) mass is 375 g/mol. The predicted molar refractivity (Wildman–Crippen MR) is 103 cm³/mol. The molecule has 2 N–H and O–H groups in total. The Hall–Kier alpha value is -4.00. The number of Topliss-reactive ketones (excluding diaryl/α,β-unsaturated/α-hetero) is 1. The molecule has 0 radical (unpaired) electrons. The number of amides is 2. The molecule has 28 heavy (non-hydrogen) atoms. The standard InChI is InChI=1S/C21H17N3O4/c1-14(25)16-6-2-7-17(12-16)23-20(26)18(11-15-5-3-9-22-13-15)24-21(27)19-8-4-10-28-19/h2-13H,1H3,(H,23,26)(H,24,27). The molecular formula is C21H17N3O4. The summed E-state index contributed by atoms with van der Waals surface area (Å²) in [4.78, 5) is 40.6. The Morgan fingerprint density at radius 2 is 1.93 bits per heavy atom. The van der Waals surface area contributed by atoms with Crippen molar-refractivity contribution in [2.45, 2.75) is 6.92 Å². The van der Waals surface area contributed by atoms with Gasteiger partial charge in [0.05, 0.1) is 6.26 Å². The molecule has 7 nitrogen and oxygen atoms in total. The van der Waals surface area contributed by atoms with Gasteiger partial charge in [-0.15, -0.1) is 0 Å². The number of carbonyl (C=O) groups is 3. The van der Waals surface area contributed by atoms with E-state index in [0.29, 0.717) is 16.8 Å². The van der Waals surface area contributed by atoms with E-state index in [1.807, 2.05) is 0 Å². The molecule has 3 aromatic rings. The van der Waals surface area contributed by atoms with Crippen molar-refractivity contribution in [2.75, 3.05) is 5.32 Å². The quantitative estimate of drug-likeness (QED) is 0.508. The molecule has 0 aliphatic carbocycles. The highest BCUT2D eigenvalue weighted by Crippen LogP contribution is 2.14. The van der Waals surface area contributed by atoms with Gasteiger partial charge in [-0.25, -0.2) is 0 Å². The highest BCUT2D eigenvalue weighted by molar-refractivity contribution is 6.10. The minimum atomic E-state index is -0.562. The topological polar surface area (TPSA) is 101 Å². The zero-order valence-corrected chi connectivity index (χ0v) is 15.0. The second-order valence-corrected chi connectivity index (χ2v) is 5.87. The van der Waals surface area contributed by atoms with Gasteiger partial charge in [0.2, 0.25) is 0 Å². The summed E-state index contributed by atoms with van der Waals surface area (Å²) >= 11 is 0. The van der Waals surface area contributed by atoms with E-state index in [9.17, 15) is 14.4 Å². The molecule has 140 valence electrons. The first kappa shape index (κ1) is 18.8. The number of carbonyl (C=O) groups excluding carboxylic acids is 3. The largest absolute Gasteiger partial charge is 0.459 e. The van der Waals surface area contributed by atoms with Crippen molar-refractivity contribution in [3.05, 3.63) is 89.8 Å². The number of hydrogen-bond acceptors (Lipinski definition) is 5. The second-order valence-electron chi connectivity index (χ2n) is 5.87. The van der Waals surface area contributed by atoms with Crippen LogP contribution in [-0.2, 0) is 4.79 Å². The molecular weight excluding hydrogens is 358 g/mol. The van der Waals surface area contributed by atoms with Gasteiger partial charge in [0.15, 0.2) is 11.5 Å². The number of furan rings is 1. The number of ketones is 1. The van der Waals surface area contributed by atoms with Gasteiger partial charge in [0, 0.05) is 23.6 Å². The summed E-state index contributed by atoms with van der Waals surface area (Å²) in [6.07, 6.45) is 6.03. The fourth-order valence-corrected chi connectivity index (χ4v) is 2.39. The molecule has 0 aliphatic heterocycles. The third-order valence-corrected chi connectivity index (χ3v) is 3.76. The van der Waals surface area contributed by atoms with Crippen LogP contribution in [0.15, 0.2) is 77.3 Å². The maximum absolute atomic E-state index is 12.8. The molecule has 2 amide bonds. The smallest absolute Gasteiger partial charge is 0.291 e. The number of nitrogens with zero attached hydrogens (tertiary/aromatic N) is 1. The summed E-state index contributed by atoms with van der Waals surface area (Å²) in [5.41, 5.74) is 1.53. The second kappa shape index (κ2) is 8.59. The summed E-state index contributed by atoms with van der Waals surface area (Å²) in [5.74, 6) is -1.16. The first-order valence-corrected chi connectivity index (χ1v) is 8.42. The predicted octanol–water partition coefficient (Wildman–Crippen LogP) is 3.29. The van der Waals surface area contributed by atoms with Crippen LogP contribution in [0.5, 0.6) is 0 Å². The van der Waals surface area contributed by atoms with Crippen molar-refractivity contribution < 1.29 is 18.8 Å². The molecule has 2 heterocycles. The Balaban J connectivity index is 1.86. The Kier molecular flexibility index (Phi) is 5.76. The first-order chi connectivity index (χ1) is 13.5. The van der Waals surface area contributed by atoms with Gasteiger partial charge in [-0.1, -0.05) is 18.2 Å². The van der Waals surface area contributed by atoms with Gasteiger partial charge in [0.1, 0.15) is 5.70 Å². The lowest BCUT2D eigenvalue weighted by molar-refractivity contribution is -0.113. The van der Waals surface area contributed by atoms with Gasteiger partial charge in [0.25, 0.3) is 11.8 Å². The van der Waals surface area contributed by atoms with Crippen LogP contribution in [0, 0.1) is 0 Å². The molecule has 0 unspecified atom stereocenters. The molecule has 0 atom stereocenters. The maximum Gasteiger partial charge on any atom is 0.291 e. The lowest BCUT2D eigenvalue weighted by atomic mass is 10.1. The minimum Gasteiger partial charge on any atom is -0.459 e. The third-order valence-electron chi connectivity index (χ3n) is 3.76. The molecule has 1 aromatic carbocycles. The SMILES string of the molecule is CC(=O)c1cccc(NC(=O)C(=Cc2cccnc2)NC(=O)c2ccco2)c1. The molecule has 0 bridgehead atoms. The van der Waals surface area contributed by atoms with E-state index in [4.69, 9.17) is 4.42 Å². The summed E-state index contributed by atoms with van der Waals surface area (Å²) in [5, 5.41) is 5.23. The maximum atomic E-state index is 12.8. The average molecular weight is 375 g/mol. The zero-order valence-electron chi connectivity index (χ0n) is 15.0. The van der Waals surface area contributed by atoms with E-state index in [2.05, 4.69) is 15.6 Å². The zero-order chi connectivity index (χ0) is 19.9. The molecule has 2 aromatic heterocycles. The highest BCUT2D eigenvalue weighted by Gasteiger charge is 2.17. The molecule has 0 saturated carbocycles. The summed E-state index contributed by atoms with van der Waals surface area (Å²) in [6, 6.07) is 13.1. The van der Waals surface area contributed by atoms with Crippen LogP contribution in [0.1, 0.15) is 33.4 Å². The normalized spacial score (nSPS) is 11.0. The number of nitrogens with one attached hydrogen (secondary N) is 2. The van der Waals surface area contributed by atoms with E-state index in [1.54, 1.807) is 54.9 Å². The van der Waals surface area contributed by atoms with Gasteiger partial charge in [-0.2, -0.15) is 0 Å². The Morgan fingerprint density at radius 3 is 2.61 bits per heavy atom. The molecule has 0 saturated heterocycles. The fourth-order valence-electron chi connectivity index (χ4n) is 2.39. The number of aromatic nitrogens is 1. The summed E-state index contributed by atoms with van der Waals surface area (Å²) in [6.45, 7) is 1.44. The molecule has 0 spiro atoms. The molecule has 0 fully saturated rings. The van der Waals surface area contributed by atoms with Crippen LogP contribution in [0.2, 0.25) is 0 Å². The molecule has 0 aliphatic rings. The fraction of sp³-hybridized carbons (Fsp3) is 0.0476. The van der Waals surface area contributed by atoms with Crippen LogP contribution in [0.3, 0.4) is 0 Å². The van der Waals surface area contributed by atoms with Crippen molar-refractivity contribution in [3.8, 4) is 0 Å². The van der Waals surface area contributed by atoms with Crippen LogP contribution in [0.25, 0.3) is 6.08 Å². The lowest BCUT2D eigenvalue weighted by Gasteiger charge is -2.11. The van der Waals surface area contributed by atoms with E-state index in [-0.39, 0.29) is 17.2 Å². The minimum absolute atomic E-state index is 0.00243. The van der Waals surface area contributed by atoms with Crippen LogP contribution in [-0.4, -0.2) is 22.6 Å². The molecule has 3 rings (SSSR count). The number of rotatable bonds is 6. The summed E-state index contributed by atoms with van der Waals surface area (Å²) < 4.78 is 5.07. The van der Waals surface area contributed by atoms with Gasteiger partial charge in [-0.05, 0) is 48.9 Å².